The molecule has 3 aromatic rings. The van der Waals surface area contributed by atoms with Gasteiger partial charge in [0.2, 0.25) is 0 Å². The van der Waals surface area contributed by atoms with Crippen molar-refractivity contribution in [1.82, 2.24) is 25.5 Å². The number of aliphatic hydroxyl groups is 1. The van der Waals surface area contributed by atoms with Crippen LogP contribution in [0.3, 0.4) is 0 Å². The van der Waals surface area contributed by atoms with Crippen LogP contribution in [0.4, 0.5) is 0 Å². The molecule has 0 aliphatic heterocycles. The van der Waals surface area contributed by atoms with Crippen molar-refractivity contribution < 1.29 is 14.6 Å². The van der Waals surface area contributed by atoms with E-state index < -0.39 is 0 Å². The predicted molar refractivity (Wildman–Crippen MR) is 95.3 cm³/mol. The Morgan fingerprint density at radius 1 is 1.00 bits per heavy atom. The Morgan fingerprint density at radius 2 is 1.81 bits per heavy atom. The molecule has 8 heteroatoms. The molecule has 0 saturated heterocycles. The van der Waals surface area contributed by atoms with Crippen molar-refractivity contribution in [1.29, 1.82) is 0 Å². The molecule has 0 atom stereocenters. The molecule has 1 aromatic heterocycles. The van der Waals surface area contributed by atoms with Crippen molar-refractivity contribution in [2.45, 2.75) is 6.54 Å². The maximum Gasteiger partial charge on any atom is 0.345 e. The number of hydrogen-bond donors (Lipinski definition) is 2. The number of aromatic nitrogens is 4. The van der Waals surface area contributed by atoms with Crippen molar-refractivity contribution in [2.75, 3.05) is 26.4 Å². The van der Waals surface area contributed by atoms with Crippen LogP contribution in [-0.4, -0.2) is 51.7 Å². The number of rotatable bonds is 10. The third-order valence-corrected chi connectivity index (χ3v) is 3.56. The van der Waals surface area contributed by atoms with Gasteiger partial charge < -0.3 is 19.9 Å². The molecule has 0 aliphatic carbocycles. The van der Waals surface area contributed by atoms with E-state index in [2.05, 4.69) is 20.8 Å². The lowest BCUT2D eigenvalue weighted by Gasteiger charge is -2.08. The third-order valence-electron chi connectivity index (χ3n) is 3.56. The molecule has 0 spiro atoms. The molecule has 2 N–H and O–H groups in total. The van der Waals surface area contributed by atoms with Gasteiger partial charge in [-0.3, -0.25) is 0 Å². The molecular weight excluding hydrogens is 334 g/mol. The topological polar surface area (TPSA) is 94.3 Å². The van der Waals surface area contributed by atoms with Crippen LogP contribution in [-0.2, 0) is 11.3 Å². The predicted octanol–water partition coefficient (Wildman–Crippen LogP) is 1.55. The molecule has 8 nitrogen and oxygen atoms in total. The molecular formula is C18H21N5O3. The number of tetrazole rings is 1. The minimum absolute atomic E-state index is 0.0506. The minimum atomic E-state index is 0.0506. The summed E-state index contributed by atoms with van der Waals surface area (Å²) in [6.45, 7) is 2.45. The molecule has 0 unspecified atom stereocenters. The molecule has 0 fully saturated rings. The summed E-state index contributed by atoms with van der Waals surface area (Å²) in [5, 5.41) is 23.5. The standard InChI is InChI=1S/C18H21N5O3/c24-11-13-25-12-10-19-14-15-6-8-17(9-7-15)26-18-20-21-22-23(18)16-4-2-1-3-5-16/h1-9,19,24H,10-14H2. The number of aliphatic hydroxyl groups excluding tert-OH is 1. The monoisotopic (exact) mass is 355 g/mol. The van der Waals surface area contributed by atoms with Gasteiger partial charge in [0.15, 0.2) is 0 Å². The number of hydrogen-bond acceptors (Lipinski definition) is 7. The van der Waals surface area contributed by atoms with Gasteiger partial charge in [0.1, 0.15) is 5.75 Å². The average Bonchev–Trinajstić information content (AvgIpc) is 3.15. The van der Waals surface area contributed by atoms with Gasteiger partial charge in [-0.2, -0.15) is 4.68 Å². The molecule has 1 heterocycles. The minimum Gasteiger partial charge on any atom is -0.423 e. The SMILES string of the molecule is OCCOCCNCc1ccc(Oc2nnnn2-c2ccccc2)cc1. The summed E-state index contributed by atoms with van der Waals surface area (Å²) in [6, 6.07) is 17.6. The van der Waals surface area contributed by atoms with Crippen LogP contribution in [0.2, 0.25) is 0 Å². The van der Waals surface area contributed by atoms with E-state index >= 15 is 0 Å². The van der Waals surface area contributed by atoms with Crippen LogP contribution in [0.25, 0.3) is 5.69 Å². The molecule has 136 valence electrons. The van der Waals surface area contributed by atoms with E-state index in [1.165, 1.54) is 0 Å². The van der Waals surface area contributed by atoms with Gasteiger partial charge in [0, 0.05) is 13.1 Å². The molecule has 2 aromatic carbocycles. The van der Waals surface area contributed by atoms with Crippen molar-refractivity contribution >= 4 is 0 Å². The second kappa shape index (κ2) is 9.62. The first kappa shape index (κ1) is 18.0. The molecule has 26 heavy (non-hydrogen) atoms. The highest BCUT2D eigenvalue weighted by Crippen LogP contribution is 2.21. The zero-order chi connectivity index (χ0) is 18.0. The van der Waals surface area contributed by atoms with E-state index in [1.54, 1.807) is 4.68 Å². The van der Waals surface area contributed by atoms with Crippen LogP contribution >= 0.6 is 0 Å². The van der Waals surface area contributed by atoms with Crippen LogP contribution < -0.4 is 10.1 Å². The Bertz CT molecular complexity index is 777. The lowest BCUT2D eigenvalue weighted by Crippen LogP contribution is -2.19. The molecule has 0 bridgehead atoms. The smallest absolute Gasteiger partial charge is 0.345 e. The van der Waals surface area contributed by atoms with Gasteiger partial charge in [0.05, 0.1) is 25.5 Å². The lowest BCUT2D eigenvalue weighted by atomic mass is 10.2. The summed E-state index contributed by atoms with van der Waals surface area (Å²) in [6.07, 6.45) is 0. The van der Waals surface area contributed by atoms with Crippen molar-refractivity contribution in [2.24, 2.45) is 0 Å². The normalized spacial score (nSPS) is 10.8. The highest BCUT2D eigenvalue weighted by molar-refractivity contribution is 5.34. The summed E-state index contributed by atoms with van der Waals surface area (Å²) >= 11 is 0. The van der Waals surface area contributed by atoms with Crippen LogP contribution in [0.5, 0.6) is 11.8 Å². The highest BCUT2D eigenvalue weighted by atomic mass is 16.5. The van der Waals surface area contributed by atoms with Crippen molar-refractivity contribution in [3.05, 3.63) is 60.2 Å². The van der Waals surface area contributed by atoms with Gasteiger partial charge >= 0.3 is 6.01 Å². The average molecular weight is 355 g/mol. The second-order valence-corrected chi connectivity index (χ2v) is 5.47. The quantitative estimate of drug-likeness (QED) is 0.533. The molecule has 0 saturated carbocycles. The zero-order valence-electron chi connectivity index (χ0n) is 14.3. The van der Waals surface area contributed by atoms with Gasteiger partial charge in [-0.1, -0.05) is 35.4 Å². The maximum absolute atomic E-state index is 8.63. The first-order valence-corrected chi connectivity index (χ1v) is 8.37. The first-order valence-electron chi connectivity index (χ1n) is 8.37. The largest absolute Gasteiger partial charge is 0.423 e. The van der Waals surface area contributed by atoms with E-state index in [1.807, 2.05) is 54.6 Å². The summed E-state index contributed by atoms with van der Waals surface area (Å²) in [4.78, 5) is 0. The summed E-state index contributed by atoms with van der Waals surface area (Å²) in [5.74, 6) is 0.659. The van der Waals surface area contributed by atoms with E-state index in [-0.39, 0.29) is 6.61 Å². The maximum atomic E-state index is 8.63. The van der Waals surface area contributed by atoms with Crippen molar-refractivity contribution in [3.63, 3.8) is 0 Å². The molecule has 3 rings (SSSR count). The van der Waals surface area contributed by atoms with Gasteiger partial charge in [0.25, 0.3) is 0 Å². The first-order chi connectivity index (χ1) is 12.9. The van der Waals surface area contributed by atoms with Gasteiger partial charge in [-0.15, -0.1) is 0 Å². The van der Waals surface area contributed by atoms with Crippen molar-refractivity contribution in [3.8, 4) is 17.4 Å². The number of nitrogens with one attached hydrogen (secondary N) is 1. The van der Waals surface area contributed by atoms with Crippen LogP contribution in [0.15, 0.2) is 54.6 Å². The Labute approximate surface area is 151 Å². The van der Waals surface area contributed by atoms with E-state index in [0.717, 1.165) is 24.3 Å². The summed E-state index contributed by atoms with van der Waals surface area (Å²) in [7, 11) is 0. The number of nitrogens with zero attached hydrogens (tertiary/aromatic N) is 4. The molecule has 0 aliphatic rings. The summed E-state index contributed by atoms with van der Waals surface area (Å²) < 4.78 is 12.5. The number of ether oxygens (including phenoxy) is 2. The van der Waals surface area contributed by atoms with E-state index in [4.69, 9.17) is 14.6 Å². The Morgan fingerprint density at radius 3 is 2.58 bits per heavy atom. The fraction of sp³-hybridized carbons (Fsp3) is 0.278. The second-order valence-electron chi connectivity index (χ2n) is 5.47. The lowest BCUT2D eigenvalue weighted by molar-refractivity contribution is 0.0938. The Balaban J connectivity index is 1.53. The van der Waals surface area contributed by atoms with Gasteiger partial charge in [-0.25, -0.2) is 0 Å². The fourth-order valence-electron chi connectivity index (χ4n) is 2.30. The summed E-state index contributed by atoms with van der Waals surface area (Å²) in [5.41, 5.74) is 1.96. The Kier molecular flexibility index (Phi) is 6.66. The van der Waals surface area contributed by atoms with Gasteiger partial charge in [-0.05, 0) is 40.3 Å². The fourth-order valence-corrected chi connectivity index (χ4v) is 2.30. The van der Waals surface area contributed by atoms with Crippen LogP contribution in [0, 0.1) is 0 Å². The van der Waals surface area contributed by atoms with E-state index in [9.17, 15) is 0 Å². The number of benzene rings is 2. The Hall–Kier alpha value is -2.81. The number of para-hydroxylation sites is 1. The zero-order valence-corrected chi connectivity index (χ0v) is 14.3. The van der Waals surface area contributed by atoms with Crippen LogP contribution in [0.1, 0.15) is 5.56 Å². The molecule has 0 amide bonds. The molecule has 0 radical (unpaired) electrons. The van der Waals surface area contributed by atoms with E-state index in [0.29, 0.717) is 25.0 Å². The third kappa shape index (κ3) is 5.09. The highest BCUT2D eigenvalue weighted by Gasteiger charge is 2.10.